The molecule has 0 radical (unpaired) electrons. The van der Waals surface area contributed by atoms with Crippen molar-refractivity contribution in [1.82, 2.24) is 14.7 Å². The Morgan fingerprint density at radius 2 is 2.38 bits per heavy atom. The van der Waals surface area contributed by atoms with Crippen LogP contribution >= 0.6 is 34.9 Å². The number of aromatic nitrogens is 2. The van der Waals surface area contributed by atoms with Gasteiger partial charge in [-0.3, -0.25) is 4.79 Å². The van der Waals surface area contributed by atoms with Crippen molar-refractivity contribution < 1.29 is 4.79 Å². The molecule has 0 saturated heterocycles. The summed E-state index contributed by atoms with van der Waals surface area (Å²) >= 11 is 9.10. The number of nitrogens with zero attached hydrogens (tertiary/aromatic N) is 2. The minimum atomic E-state index is -0.321. The van der Waals surface area contributed by atoms with Gasteiger partial charge in [0, 0.05) is 16.1 Å². The van der Waals surface area contributed by atoms with E-state index in [4.69, 9.17) is 11.6 Å². The Labute approximate surface area is 135 Å². The van der Waals surface area contributed by atoms with Gasteiger partial charge in [0.05, 0.1) is 5.02 Å². The minimum absolute atomic E-state index is 0.0346. The summed E-state index contributed by atoms with van der Waals surface area (Å²) in [6.45, 7) is 2.85. The third-order valence-electron chi connectivity index (χ3n) is 3.07. The van der Waals surface area contributed by atoms with Crippen LogP contribution in [0.15, 0.2) is 27.7 Å². The lowest BCUT2D eigenvalue weighted by Crippen LogP contribution is -2.27. The molecule has 0 bridgehead atoms. The summed E-state index contributed by atoms with van der Waals surface area (Å²) < 4.78 is 4.79. The molecule has 2 N–H and O–H groups in total. The Bertz CT molecular complexity index is 662. The van der Waals surface area contributed by atoms with Crippen LogP contribution in [0.25, 0.3) is 0 Å². The molecule has 2 heterocycles. The molecule has 2 aromatic rings. The molecular weight excluding hydrogens is 328 g/mol. The van der Waals surface area contributed by atoms with Gasteiger partial charge >= 0.3 is 0 Å². The van der Waals surface area contributed by atoms with Gasteiger partial charge in [0.25, 0.3) is 0 Å². The van der Waals surface area contributed by atoms with E-state index in [-0.39, 0.29) is 11.9 Å². The fourth-order valence-corrected chi connectivity index (χ4v) is 3.87. The average Bonchev–Trinajstić information content (AvgIpc) is 3.05. The highest BCUT2D eigenvalue weighted by Crippen LogP contribution is 2.41. The first-order valence-corrected chi connectivity index (χ1v) is 8.48. The molecule has 21 heavy (non-hydrogen) atoms. The maximum absolute atomic E-state index is 12.0. The van der Waals surface area contributed by atoms with Crippen molar-refractivity contribution in [3.8, 4) is 0 Å². The number of halogens is 1. The number of anilines is 1. The highest BCUT2D eigenvalue weighted by molar-refractivity contribution is 8.01. The molecule has 1 unspecified atom stereocenters. The molecule has 5 nitrogen and oxygen atoms in total. The van der Waals surface area contributed by atoms with Gasteiger partial charge in [-0.15, -0.1) is 0 Å². The van der Waals surface area contributed by atoms with Gasteiger partial charge in [-0.25, -0.2) is 4.98 Å². The largest absolute Gasteiger partial charge is 0.324 e. The van der Waals surface area contributed by atoms with Gasteiger partial charge in [-0.1, -0.05) is 30.3 Å². The zero-order chi connectivity index (χ0) is 14.8. The van der Waals surface area contributed by atoms with Crippen molar-refractivity contribution in [2.24, 2.45) is 0 Å². The van der Waals surface area contributed by atoms with Crippen molar-refractivity contribution >= 4 is 46.5 Å². The van der Waals surface area contributed by atoms with E-state index in [1.807, 2.05) is 12.1 Å². The van der Waals surface area contributed by atoms with Crippen molar-refractivity contribution in [2.45, 2.75) is 28.6 Å². The van der Waals surface area contributed by atoms with Crippen molar-refractivity contribution in [3.63, 3.8) is 0 Å². The van der Waals surface area contributed by atoms with Crippen LogP contribution in [0.2, 0.25) is 5.02 Å². The molecule has 1 atom stereocenters. The molecule has 0 saturated carbocycles. The molecule has 0 fully saturated rings. The van der Waals surface area contributed by atoms with Gasteiger partial charge < -0.3 is 10.6 Å². The lowest BCUT2D eigenvalue weighted by Gasteiger charge is -2.11. The van der Waals surface area contributed by atoms with Crippen LogP contribution in [-0.2, 0) is 4.79 Å². The Hall–Kier alpha value is -1.15. The van der Waals surface area contributed by atoms with Gasteiger partial charge in [-0.05, 0) is 36.6 Å². The lowest BCUT2D eigenvalue weighted by molar-refractivity contribution is -0.117. The first kappa shape index (κ1) is 14.8. The molecule has 1 amide bonds. The maximum atomic E-state index is 12.0. The molecule has 3 rings (SSSR count). The van der Waals surface area contributed by atoms with Crippen molar-refractivity contribution in [1.29, 1.82) is 0 Å². The lowest BCUT2D eigenvalue weighted by atomic mass is 10.1. The van der Waals surface area contributed by atoms with Crippen LogP contribution in [0.3, 0.4) is 0 Å². The maximum Gasteiger partial charge on any atom is 0.246 e. The van der Waals surface area contributed by atoms with E-state index in [9.17, 15) is 4.79 Å². The second-order valence-corrected chi connectivity index (χ2v) is 7.03. The fraction of sp³-hybridized carbons (Fsp3) is 0.308. The molecule has 1 aromatic heterocycles. The Kier molecular flexibility index (Phi) is 4.44. The number of amides is 1. The normalized spacial score (nSPS) is 16.9. The highest BCUT2D eigenvalue weighted by atomic mass is 35.5. The smallest absolute Gasteiger partial charge is 0.246 e. The van der Waals surface area contributed by atoms with E-state index in [0.29, 0.717) is 5.02 Å². The van der Waals surface area contributed by atoms with E-state index in [0.717, 1.165) is 33.5 Å². The Morgan fingerprint density at radius 3 is 3.10 bits per heavy atom. The number of hydrogen-bond acceptors (Lipinski definition) is 6. The molecule has 110 valence electrons. The fourth-order valence-electron chi connectivity index (χ4n) is 2.13. The Morgan fingerprint density at radius 1 is 1.52 bits per heavy atom. The van der Waals surface area contributed by atoms with E-state index in [1.54, 1.807) is 0 Å². The zero-order valence-electron chi connectivity index (χ0n) is 11.2. The number of rotatable bonds is 5. The molecule has 1 aliphatic rings. The van der Waals surface area contributed by atoms with Gasteiger partial charge in [-0.2, -0.15) is 4.37 Å². The molecule has 0 aliphatic carbocycles. The standard InChI is InChI=1S/C13H13ClN4OS2/c1-2-3-15-11-7-4-8(14)10(5-9(7)18-12(11)19)20-13-16-6-17-21-13/h4-6,11,15H,2-3H2,1H3,(H,18,19). The highest BCUT2D eigenvalue weighted by Gasteiger charge is 2.31. The third-order valence-corrected chi connectivity index (χ3v) is 5.27. The molecule has 8 heteroatoms. The predicted octanol–water partition coefficient (Wildman–Crippen LogP) is 3.34. The molecule has 0 spiro atoms. The van der Waals surface area contributed by atoms with Crippen LogP contribution in [0.1, 0.15) is 24.9 Å². The number of hydrogen-bond donors (Lipinski definition) is 2. The van der Waals surface area contributed by atoms with Crippen LogP contribution in [0.5, 0.6) is 0 Å². The second kappa shape index (κ2) is 6.31. The van der Waals surface area contributed by atoms with E-state index in [1.165, 1.54) is 29.6 Å². The quantitative estimate of drug-likeness (QED) is 0.873. The minimum Gasteiger partial charge on any atom is -0.324 e. The summed E-state index contributed by atoms with van der Waals surface area (Å²) in [6.07, 6.45) is 2.48. The first-order chi connectivity index (χ1) is 10.2. The number of benzene rings is 1. The number of fused-ring (bicyclic) bond motifs is 1. The van der Waals surface area contributed by atoms with Gasteiger partial charge in [0.2, 0.25) is 5.91 Å². The van der Waals surface area contributed by atoms with Crippen molar-refractivity contribution in [3.05, 3.63) is 29.0 Å². The SMILES string of the molecule is CCCNC1C(=O)Nc2cc(Sc3ncns3)c(Cl)cc21. The summed E-state index contributed by atoms with van der Waals surface area (Å²) in [4.78, 5) is 17.0. The van der Waals surface area contributed by atoms with Crippen LogP contribution in [0.4, 0.5) is 5.69 Å². The monoisotopic (exact) mass is 340 g/mol. The van der Waals surface area contributed by atoms with Gasteiger partial charge in [0.15, 0.2) is 4.34 Å². The number of carbonyl (C=O) groups excluding carboxylic acids is 1. The van der Waals surface area contributed by atoms with E-state index < -0.39 is 0 Å². The van der Waals surface area contributed by atoms with E-state index >= 15 is 0 Å². The molecular formula is C13H13ClN4OS2. The Balaban J connectivity index is 1.88. The van der Waals surface area contributed by atoms with Gasteiger partial charge in [0.1, 0.15) is 12.4 Å². The summed E-state index contributed by atoms with van der Waals surface area (Å²) in [5.74, 6) is -0.0346. The number of carbonyl (C=O) groups is 1. The second-order valence-electron chi connectivity index (χ2n) is 4.56. The average molecular weight is 341 g/mol. The summed E-state index contributed by atoms with van der Waals surface area (Å²) in [7, 11) is 0. The summed E-state index contributed by atoms with van der Waals surface area (Å²) in [6, 6.07) is 3.43. The molecule has 1 aliphatic heterocycles. The van der Waals surface area contributed by atoms with Crippen LogP contribution in [0, 0.1) is 0 Å². The zero-order valence-corrected chi connectivity index (χ0v) is 13.6. The predicted molar refractivity (Wildman–Crippen MR) is 85.1 cm³/mol. The third kappa shape index (κ3) is 3.06. The summed E-state index contributed by atoms with van der Waals surface area (Å²) in [5.41, 5.74) is 1.71. The topological polar surface area (TPSA) is 66.9 Å². The van der Waals surface area contributed by atoms with E-state index in [2.05, 4.69) is 26.9 Å². The first-order valence-electron chi connectivity index (χ1n) is 6.51. The van der Waals surface area contributed by atoms with Crippen LogP contribution < -0.4 is 10.6 Å². The molecule has 1 aromatic carbocycles. The van der Waals surface area contributed by atoms with Crippen LogP contribution in [-0.4, -0.2) is 21.8 Å². The number of nitrogens with one attached hydrogen (secondary N) is 2. The van der Waals surface area contributed by atoms with Crippen molar-refractivity contribution in [2.75, 3.05) is 11.9 Å². The summed E-state index contributed by atoms with van der Waals surface area (Å²) in [5, 5.41) is 6.75.